The molecule has 0 aromatic carbocycles. The first-order chi connectivity index (χ1) is 6.04. The molecule has 13 heavy (non-hydrogen) atoms. The third kappa shape index (κ3) is 2.46. The van der Waals surface area contributed by atoms with Gasteiger partial charge in [-0.2, -0.15) is 0 Å². The van der Waals surface area contributed by atoms with E-state index in [0.717, 1.165) is 0 Å². The predicted octanol–water partition coefficient (Wildman–Crippen LogP) is 3.08. The fraction of sp³-hybridized carbons (Fsp3) is 1.00. The van der Waals surface area contributed by atoms with Gasteiger partial charge in [0.25, 0.3) is 0 Å². The minimum Gasteiger partial charge on any atom is -0.393 e. The van der Waals surface area contributed by atoms with Crippen LogP contribution in [0.4, 0.5) is 0 Å². The van der Waals surface area contributed by atoms with Crippen LogP contribution in [0.1, 0.15) is 47.0 Å². The Morgan fingerprint density at radius 2 is 1.54 bits per heavy atom. The molecular formula is C12H24O. The fourth-order valence-electron chi connectivity index (χ4n) is 2.83. The van der Waals surface area contributed by atoms with Gasteiger partial charge < -0.3 is 5.11 Å². The van der Waals surface area contributed by atoms with Gasteiger partial charge in [-0.15, -0.1) is 0 Å². The van der Waals surface area contributed by atoms with Gasteiger partial charge in [0.2, 0.25) is 0 Å². The number of rotatable bonds is 2. The zero-order valence-electron chi connectivity index (χ0n) is 9.46. The SMILES string of the molecule is CC(C)C(O)C1C(C)CCCC1C. The van der Waals surface area contributed by atoms with Crippen molar-refractivity contribution in [2.45, 2.75) is 53.1 Å². The minimum absolute atomic E-state index is 0.0923. The van der Waals surface area contributed by atoms with E-state index in [1.54, 1.807) is 0 Å². The van der Waals surface area contributed by atoms with Crippen LogP contribution in [0.15, 0.2) is 0 Å². The standard InChI is InChI=1S/C12H24O/c1-8(2)12(13)11-9(3)6-5-7-10(11)4/h8-13H,5-7H2,1-4H3. The molecule has 1 aliphatic rings. The molecule has 1 fully saturated rings. The van der Waals surface area contributed by atoms with E-state index in [1.807, 2.05) is 0 Å². The Hall–Kier alpha value is -0.0400. The molecule has 1 aliphatic carbocycles. The highest BCUT2D eigenvalue weighted by Crippen LogP contribution is 2.38. The molecular weight excluding hydrogens is 160 g/mol. The Labute approximate surface area is 82.5 Å². The second-order valence-corrected chi connectivity index (χ2v) is 5.20. The highest BCUT2D eigenvalue weighted by atomic mass is 16.3. The van der Waals surface area contributed by atoms with Gasteiger partial charge in [-0.05, 0) is 23.7 Å². The third-order valence-corrected chi connectivity index (χ3v) is 3.71. The van der Waals surface area contributed by atoms with Gasteiger partial charge in [-0.1, -0.05) is 47.0 Å². The van der Waals surface area contributed by atoms with Crippen molar-refractivity contribution >= 4 is 0 Å². The molecule has 0 radical (unpaired) electrons. The van der Waals surface area contributed by atoms with Gasteiger partial charge >= 0.3 is 0 Å². The molecule has 3 unspecified atom stereocenters. The van der Waals surface area contributed by atoms with Gasteiger partial charge in [0.05, 0.1) is 6.10 Å². The molecule has 1 N–H and O–H groups in total. The minimum atomic E-state index is -0.0923. The van der Waals surface area contributed by atoms with Crippen LogP contribution in [0, 0.1) is 23.7 Å². The maximum Gasteiger partial charge on any atom is 0.0596 e. The quantitative estimate of drug-likeness (QED) is 0.699. The first-order valence-corrected chi connectivity index (χ1v) is 5.72. The Balaban J connectivity index is 2.62. The van der Waals surface area contributed by atoms with E-state index in [-0.39, 0.29) is 6.10 Å². The van der Waals surface area contributed by atoms with Crippen LogP contribution in [0.2, 0.25) is 0 Å². The second kappa shape index (κ2) is 4.45. The van der Waals surface area contributed by atoms with Gasteiger partial charge in [-0.25, -0.2) is 0 Å². The number of aliphatic hydroxyl groups excluding tert-OH is 1. The molecule has 3 atom stereocenters. The summed E-state index contributed by atoms with van der Waals surface area (Å²) < 4.78 is 0. The zero-order chi connectivity index (χ0) is 10.0. The molecule has 1 nitrogen and oxygen atoms in total. The van der Waals surface area contributed by atoms with Crippen LogP contribution < -0.4 is 0 Å². The van der Waals surface area contributed by atoms with Crippen molar-refractivity contribution in [3.63, 3.8) is 0 Å². The lowest BCUT2D eigenvalue weighted by Crippen LogP contribution is -2.37. The van der Waals surface area contributed by atoms with Crippen molar-refractivity contribution in [2.24, 2.45) is 23.7 Å². The van der Waals surface area contributed by atoms with Crippen LogP contribution >= 0.6 is 0 Å². The van der Waals surface area contributed by atoms with Gasteiger partial charge in [-0.3, -0.25) is 0 Å². The summed E-state index contributed by atoms with van der Waals surface area (Å²) in [5, 5.41) is 10.1. The zero-order valence-corrected chi connectivity index (χ0v) is 9.46. The van der Waals surface area contributed by atoms with E-state index in [2.05, 4.69) is 27.7 Å². The summed E-state index contributed by atoms with van der Waals surface area (Å²) in [4.78, 5) is 0. The van der Waals surface area contributed by atoms with E-state index >= 15 is 0 Å². The van der Waals surface area contributed by atoms with Crippen molar-refractivity contribution in [3.8, 4) is 0 Å². The smallest absolute Gasteiger partial charge is 0.0596 e. The normalized spacial score (nSPS) is 37.8. The van der Waals surface area contributed by atoms with Crippen LogP contribution in [0.25, 0.3) is 0 Å². The highest BCUT2D eigenvalue weighted by Gasteiger charge is 2.34. The molecule has 0 aliphatic heterocycles. The molecule has 0 heterocycles. The molecule has 0 saturated heterocycles. The lowest BCUT2D eigenvalue weighted by atomic mass is 9.69. The van der Waals surface area contributed by atoms with Crippen LogP contribution in [-0.4, -0.2) is 11.2 Å². The molecule has 1 heteroatoms. The van der Waals surface area contributed by atoms with Crippen molar-refractivity contribution in [3.05, 3.63) is 0 Å². The van der Waals surface area contributed by atoms with Gasteiger partial charge in [0, 0.05) is 0 Å². The summed E-state index contributed by atoms with van der Waals surface area (Å²) in [6.07, 6.45) is 3.87. The maximum atomic E-state index is 10.1. The average Bonchev–Trinajstić information content (AvgIpc) is 2.03. The predicted molar refractivity (Wildman–Crippen MR) is 56.5 cm³/mol. The first-order valence-electron chi connectivity index (χ1n) is 5.72. The van der Waals surface area contributed by atoms with Gasteiger partial charge in [0.15, 0.2) is 0 Å². The molecule has 0 aromatic heterocycles. The number of hydrogen-bond donors (Lipinski definition) is 1. The van der Waals surface area contributed by atoms with E-state index < -0.39 is 0 Å². The lowest BCUT2D eigenvalue weighted by Gasteiger charge is -2.39. The van der Waals surface area contributed by atoms with E-state index in [0.29, 0.717) is 23.7 Å². The number of hydrogen-bond acceptors (Lipinski definition) is 1. The van der Waals surface area contributed by atoms with Crippen LogP contribution in [0.3, 0.4) is 0 Å². The summed E-state index contributed by atoms with van der Waals surface area (Å²) in [6, 6.07) is 0. The Kier molecular flexibility index (Phi) is 3.78. The third-order valence-electron chi connectivity index (χ3n) is 3.71. The maximum absolute atomic E-state index is 10.1. The largest absolute Gasteiger partial charge is 0.393 e. The first kappa shape index (κ1) is 11.0. The average molecular weight is 184 g/mol. The topological polar surface area (TPSA) is 20.2 Å². The summed E-state index contributed by atoms with van der Waals surface area (Å²) in [5.41, 5.74) is 0. The number of aliphatic hydroxyl groups is 1. The summed E-state index contributed by atoms with van der Waals surface area (Å²) in [6.45, 7) is 8.84. The fourth-order valence-corrected chi connectivity index (χ4v) is 2.83. The summed E-state index contributed by atoms with van der Waals surface area (Å²) in [5.74, 6) is 2.36. The highest BCUT2D eigenvalue weighted by molar-refractivity contribution is 4.84. The van der Waals surface area contributed by atoms with Crippen molar-refractivity contribution < 1.29 is 5.11 Å². The molecule has 1 rings (SSSR count). The van der Waals surface area contributed by atoms with Crippen LogP contribution in [0.5, 0.6) is 0 Å². The van der Waals surface area contributed by atoms with Crippen molar-refractivity contribution in [1.82, 2.24) is 0 Å². The van der Waals surface area contributed by atoms with E-state index in [1.165, 1.54) is 19.3 Å². The van der Waals surface area contributed by atoms with Crippen molar-refractivity contribution in [2.75, 3.05) is 0 Å². The molecule has 0 spiro atoms. The van der Waals surface area contributed by atoms with E-state index in [4.69, 9.17) is 0 Å². The van der Waals surface area contributed by atoms with E-state index in [9.17, 15) is 5.11 Å². The molecule has 1 saturated carbocycles. The van der Waals surface area contributed by atoms with Crippen LogP contribution in [-0.2, 0) is 0 Å². The molecule has 0 amide bonds. The Morgan fingerprint density at radius 1 is 1.08 bits per heavy atom. The Bertz CT molecular complexity index is 143. The molecule has 78 valence electrons. The lowest BCUT2D eigenvalue weighted by molar-refractivity contribution is -0.00781. The summed E-state index contributed by atoms with van der Waals surface area (Å²) in [7, 11) is 0. The second-order valence-electron chi connectivity index (χ2n) is 5.20. The summed E-state index contributed by atoms with van der Waals surface area (Å²) >= 11 is 0. The molecule has 0 bridgehead atoms. The molecule has 0 aromatic rings. The van der Waals surface area contributed by atoms with Crippen molar-refractivity contribution in [1.29, 1.82) is 0 Å². The van der Waals surface area contributed by atoms with Gasteiger partial charge in [0.1, 0.15) is 0 Å². The monoisotopic (exact) mass is 184 g/mol. The Morgan fingerprint density at radius 3 is 1.92 bits per heavy atom.